The molecule has 24 heavy (non-hydrogen) atoms. The zero-order chi connectivity index (χ0) is 17.7. The minimum absolute atomic E-state index is 0.110. The van der Waals surface area contributed by atoms with Gasteiger partial charge < -0.3 is 24.4 Å². The summed E-state index contributed by atoms with van der Waals surface area (Å²) < 4.78 is 16.1. The van der Waals surface area contributed by atoms with E-state index < -0.39 is 17.8 Å². The lowest BCUT2D eigenvalue weighted by Crippen LogP contribution is -2.45. The highest BCUT2D eigenvalue weighted by Crippen LogP contribution is 2.35. The van der Waals surface area contributed by atoms with Crippen LogP contribution in [0, 0.1) is 0 Å². The van der Waals surface area contributed by atoms with Crippen LogP contribution in [0.5, 0.6) is 0 Å². The van der Waals surface area contributed by atoms with Crippen LogP contribution in [0.1, 0.15) is 20.3 Å². The Labute approximate surface area is 142 Å². The topological polar surface area (TPSA) is 77.1 Å². The van der Waals surface area contributed by atoms with Crippen molar-refractivity contribution in [3.8, 4) is 0 Å². The van der Waals surface area contributed by atoms with Gasteiger partial charge in [-0.25, -0.2) is 4.79 Å². The molecule has 0 bridgehead atoms. The third-order valence-corrected chi connectivity index (χ3v) is 4.02. The average Bonchev–Trinajstić information content (AvgIpc) is 3.13. The summed E-state index contributed by atoms with van der Waals surface area (Å²) in [6, 6.07) is -0.677. The number of hydrogen-bond acceptors (Lipinski definition) is 6. The van der Waals surface area contributed by atoms with Crippen LogP contribution < -0.4 is 5.32 Å². The predicted octanol–water partition coefficient (Wildman–Crippen LogP) is 0.615. The van der Waals surface area contributed by atoms with Gasteiger partial charge in [-0.15, -0.1) is 0 Å². The molecule has 1 unspecified atom stereocenters. The van der Waals surface area contributed by atoms with Gasteiger partial charge in [-0.1, -0.05) is 18.2 Å². The van der Waals surface area contributed by atoms with Crippen molar-refractivity contribution in [3.63, 3.8) is 0 Å². The summed E-state index contributed by atoms with van der Waals surface area (Å²) in [4.78, 5) is 26.0. The maximum atomic E-state index is 12.5. The highest BCUT2D eigenvalue weighted by molar-refractivity contribution is 5.86. The third kappa shape index (κ3) is 4.43. The smallest absolute Gasteiger partial charge is 0.328 e. The van der Waals surface area contributed by atoms with Crippen molar-refractivity contribution in [2.75, 3.05) is 40.0 Å². The Hall–Kier alpha value is -1.70. The van der Waals surface area contributed by atoms with E-state index in [1.165, 1.54) is 12.0 Å². The molecule has 2 heterocycles. The van der Waals surface area contributed by atoms with Crippen LogP contribution in [-0.2, 0) is 23.8 Å². The first kappa shape index (κ1) is 18.6. The number of esters is 1. The number of allylic oxidation sites excluding steroid dienone is 1. The molecule has 2 aliphatic rings. The molecule has 7 heteroatoms. The Bertz CT molecular complexity index is 533. The Morgan fingerprint density at radius 3 is 2.58 bits per heavy atom. The van der Waals surface area contributed by atoms with E-state index >= 15 is 0 Å². The Morgan fingerprint density at radius 2 is 2.00 bits per heavy atom. The lowest BCUT2D eigenvalue weighted by molar-refractivity contribution is -0.152. The molecule has 0 saturated carbocycles. The first-order chi connectivity index (χ1) is 11.4. The molecule has 134 valence electrons. The number of ether oxygens (including phenoxy) is 3. The van der Waals surface area contributed by atoms with E-state index in [0.717, 1.165) is 11.1 Å². The molecular weight excluding hydrogens is 312 g/mol. The number of amides is 1. The molecule has 0 aromatic heterocycles. The van der Waals surface area contributed by atoms with Gasteiger partial charge in [-0.2, -0.15) is 0 Å². The van der Waals surface area contributed by atoms with Crippen molar-refractivity contribution in [2.24, 2.45) is 0 Å². The lowest BCUT2D eigenvalue weighted by atomic mass is 10.1. The predicted molar refractivity (Wildman–Crippen MR) is 88.2 cm³/mol. The van der Waals surface area contributed by atoms with E-state index in [0.29, 0.717) is 26.2 Å². The minimum Gasteiger partial charge on any atom is -0.467 e. The first-order valence-electron chi connectivity index (χ1n) is 8.05. The normalized spacial score (nSPS) is 21.8. The molecule has 2 fully saturated rings. The van der Waals surface area contributed by atoms with Gasteiger partial charge in [-0.3, -0.25) is 4.79 Å². The monoisotopic (exact) mass is 338 g/mol. The van der Waals surface area contributed by atoms with Crippen LogP contribution in [0.25, 0.3) is 0 Å². The Balaban J connectivity index is 1.94. The number of carbonyl (C=O) groups excluding carboxylic acids is 2. The second-order valence-electron chi connectivity index (χ2n) is 6.36. The highest BCUT2D eigenvalue weighted by atomic mass is 16.7. The standard InChI is InChI=1S/C17H26N2O5/c1-12(2)7-13(3)9-18-10-15(20)19-11-17(23-5-6-24-17)8-14(19)16(21)22-4/h7,14,18H,3,5-6,8-11H2,1-2,4H3. The quantitative estimate of drug-likeness (QED) is 0.565. The lowest BCUT2D eigenvalue weighted by Gasteiger charge is -2.23. The van der Waals surface area contributed by atoms with E-state index in [1.54, 1.807) is 0 Å². The number of rotatable bonds is 6. The molecule has 1 amide bonds. The molecular formula is C17H26N2O5. The zero-order valence-corrected chi connectivity index (χ0v) is 14.6. The molecule has 1 N–H and O–H groups in total. The van der Waals surface area contributed by atoms with Crippen molar-refractivity contribution < 1.29 is 23.8 Å². The molecule has 0 aliphatic carbocycles. The van der Waals surface area contributed by atoms with Crippen LogP contribution in [0.15, 0.2) is 23.8 Å². The SMILES string of the molecule is C=C(C=C(C)C)CNCC(=O)N1CC2(CC1C(=O)OC)OCCO2. The summed E-state index contributed by atoms with van der Waals surface area (Å²) in [7, 11) is 1.31. The summed E-state index contributed by atoms with van der Waals surface area (Å²) in [5.41, 5.74) is 2.04. The van der Waals surface area contributed by atoms with E-state index in [-0.39, 0.29) is 19.0 Å². The molecule has 1 atom stereocenters. The molecule has 2 aliphatic heterocycles. The number of likely N-dealkylation sites (tertiary alicyclic amines) is 1. The minimum atomic E-state index is -0.875. The van der Waals surface area contributed by atoms with Gasteiger partial charge >= 0.3 is 5.97 Å². The Morgan fingerprint density at radius 1 is 1.33 bits per heavy atom. The molecule has 0 radical (unpaired) electrons. The van der Waals surface area contributed by atoms with Gasteiger partial charge in [0.25, 0.3) is 0 Å². The Kier molecular flexibility index (Phi) is 6.15. The largest absolute Gasteiger partial charge is 0.467 e. The fourth-order valence-electron chi connectivity index (χ4n) is 3.04. The van der Waals surface area contributed by atoms with Crippen LogP contribution in [0.4, 0.5) is 0 Å². The second-order valence-corrected chi connectivity index (χ2v) is 6.36. The van der Waals surface area contributed by atoms with Crippen LogP contribution in [0.3, 0.4) is 0 Å². The third-order valence-electron chi connectivity index (χ3n) is 4.02. The van der Waals surface area contributed by atoms with Gasteiger partial charge in [0.1, 0.15) is 6.04 Å². The fraction of sp³-hybridized carbons (Fsp3) is 0.647. The summed E-state index contributed by atoms with van der Waals surface area (Å²) >= 11 is 0. The van der Waals surface area contributed by atoms with E-state index in [4.69, 9.17) is 14.2 Å². The van der Waals surface area contributed by atoms with Crippen LogP contribution >= 0.6 is 0 Å². The highest BCUT2D eigenvalue weighted by Gasteiger charge is 2.52. The van der Waals surface area contributed by atoms with Crippen molar-refractivity contribution in [1.82, 2.24) is 10.2 Å². The average molecular weight is 338 g/mol. The molecule has 2 saturated heterocycles. The zero-order valence-electron chi connectivity index (χ0n) is 14.6. The van der Waals surface area contributed by atoms with Gasteiger partial charge in [0.05, 0.1) is 33.4 Å². The molecule has 2 rings (SSSR count). The van der Waals surface area contributed by atoms with Crippen molar-refractivity contribution >= 4 is 11.9 Å². The molecule has 0 aromatic rings. The maximum Gasteiger partial charge on any atom is 0.328 e. The van der Waals surface area contributed by atoms with E-state index in [2.05, 4.69) is 11.9 Å². The number of nitrogens with zero attached hydrogens (tertiary/aromatic N) is 1. The number of nitrogens with one attached hydrogen (secondary N) is 1. The summed E-state index contributed by atoms with van der Waals surface area (Å²) in [6.07, 6.45) is 2.26. The molecule has 7 nitrogen and oxygen atoms in total. The van der Waals surface area contributed by atoms with Crippen molar-refractivity contribution in [2.45, 2.75) is 32.1 Å². The van der Waals surface area contributed by atoms with Gasteiger partial charge in [0, 0.05) is 13.0 Å². The number of methoxy groups -OCH3 is 1. The number of hydrogen-bond donors (Lipinski definition) is 1. The molecule has 1 spiro atoms. The van der Waals surface area contributed by atoms with E-state index in [1.807, 2.05) is 19.9 Å². The first-order valence-corrected chi connectivity index (χ1v) is 8.05. The van der Waals surface area contributed by atoms with Gasteiger partial charge in [0.2, 0.25) is 5.91 Å². The van der Waals surface area contributed by atoms with Gasteiger partial charge in [0.15, 0.2) is 5.79 Å². The van der Waals surface area contributed by atoms with Gasteiger partial charge in [-0.05, 0) is 19.4 Å². The summed E-state index contributed by atoms with van der Waals surface area (Å²) in [6.45, 7) is 9.70. The molecule has 0 aromatic carbocycles. The second kappa shape index (κ2) is 7.92. The summed E-state index contributed by atoms with van der Waals surface area (Å²) in [5, 5.41) is 3.05. The number of carbonyl (C=O) groups is 2. The fourth-order valence-corrected chi connectivity index (χ4v) is 3.04. The van der Waals surface area contributed by atoms with Crippen LogP contribution in [0.2, 0.25) is 0 Å². The van der Waals surface area contributed by atoms with Crippen LogP contribution in [-0.4, -0.2) is 68.6 Å². The maximum absolute atomic E-state index is 12.5. The van der Waals surface area contributed by atoms with Crippen molar-refractivity contribution in [3.05, 3.63) is 23.8 Å². The van der Waals surface area contributed by atoms with E-state index in [9.17, 15) is 9.59 Å². The summed E-state index contributed by atoms with van der Waals surface area (Å²) in [5.74, 6) is -1.51. The van der Waals surface area contributed by atoms with Crippen molar-refractivity contribution in [1.29, 1.82) is 0 Å².